The first-order valence-electron chi connectivity index (χ1n) is 8.97. The number of guanidine groups is 1. The number of fused-ring (bicyclic) bond motifs is 1. The van der Waals surface area contributed by atoms with Crippen LogP contribution < -0.4 is 10.6 Å². The summed E-state index contributed by atoms with van der Waals surface area (Å²) >= 11 is 0. The Bertz CT molecular complexity index is 685. The van der Waals surface area contributed by atoms with Crippen LogP contribution in [-0.2, 0) is 11.2 Å². The third kappa shape index (κ3) is 6.06. The molecule has 0 unspecified atom stereocenters. The van der Waals surface area contributed by atoms with Crippen molar-refractivity contribution in [3.8, 4) is 0 Å². The van der Waals surface area contributed by atoms with Gasteiger partial charge in [-0.05, 0) is 19.1 Å². The number of ether oxygens (including phenoxy) is 1. The lowest BCUT2D eigenvalue weighted by Crippen LogP contribution is -2.40. The summed E-state index contributed by atoms with van der Waals surface area (Å²) in [5.41, 5.74) is 0.878. The van der Waals surface area contributed by atoms with Crippen LogP contribution in [0.5, 0.6) is 0 Å². The average Bonchev–Trinajstić information content (AvgIpc) is 3.06. The zero-order chi connectivity index (χ0) is 17.3. The second kappa shape index (κ2) is 11.3. The van der Waals surface area contributed by atoms with Crippen molar-refractivity contribution in [1.29, 1.82) is 0 Å². The molecule has 2 aromatic heterocycles. The molecule has 1 aliphatic rings. The molecule has 3 rings (SSSR count). The van der Waals surface area contributed by atoms with Crippen molar-refractivity contribution in [2.75, 3.05) is 52.5 Å². The number of nitrogens with zero attached hydrogens (tertiary/aromatic N) is 5. The number of aliphatic imine (C=N–C) groups is 1. The molecule has 144 valence electrons. The summed E-state index contributed by atoms with van der Waals surface area (Å²) < 4.78 is 7.39. The van der Waals surface area contributed by atoms with Crippen LogP contribution in [0.2, 0.25) is 0 Å². The first-order chi connectivity index (χ1) is 12.4. The molecule has 9 heteroatoms. The van der Waals surface area contributed by atoms with Gasteiger partial charge < -0.3 is 15.4 Å². The van der Waals surface area contributed by atoms with E-state index in [1.54, 1.807) is 0 Å². The fraction of sp³-hybridized carbons (Fsp3) is 0.588. The molecule has 0 spiro atoms. The van der Waals surface area contributed by atoms with Crippen LogP contribution >= 0.6 is 24.0 Å². The monoisotopic (exact) mass is 473 g/mol. The summed E-state index contributed by atoms with van der Waals surface area (Å²) in [6.07, 6.45) is 2.78. The Morgan fingerprint density at radius 2 is 2.08 bits per heavy atom. The lowest BCUT2D eigenvalue weighted by Gasteiger charge is -2.25. The van der Waals surface area contributed by atoms with E-state index < -0.39 is 0 Å². The fourth-order valence-corrected chi connectivity index (χ4v) is 2.82. The highest BCUT2D eigenvalue weighted by molar-refractivity contribution is 14.0. The Labute approximate surface area is 171 Å². The minimum absolute atomic E-state index is 0. The van der Waals surface area contributed by atoms with Crippen LogP contribution in [0, 0.1) is 0 Å². The second-order valence-electron chi connectivity index (χ2n) is 5.94. The van der Waals surface area contributed by atoms with E-state index in [0.29, 0.717) is 0 Å². The van der Waals surface area contributed by atoms with Crippen molar-refractivity contribution in [3.63, 3.8) is 0 Å². The van der Waals surface area contributed by atoms with Crippen LogP contribution in [-0.4, -0.2) is 77.9 Å². The molecule has 0 amide bonds. The van der Waals surface area contributed by atoms with Gasteiger partial charge in [0.2, 0.25) is 0 Å². The zero-order valence-corrected chi connectivity index (χ0v) is 17.6. The Balaban J connectivity index is 0.00000243. The fourth-order valence-electron chi connectivity index (χ4n) is 2.82. The highest BCUT2D eigenvalue weighted by Crippen LogP contribution is 2.02. The maximum atomic E-state index is 5.37. The van der Waals surface area contributed by atoms with Crippen molar-refractivity contribution < 1.29 is 4.74 Å². The van der Waals surface area contributed by atoms with Gasteiger partial charge in [0.1, 0.15) is 5.82 Å². The van der Waals surface area contributed by atoms with Crippen molar-refractivity contribution in [2.24, 2.45) is 4.99 Å². The van der Waals surface area contributed by atoms with Crippen LogP contribution in [0.4, 0.5) is 0 Å². The van der Waals surface area contributed by atoms with E-state index in [9.17, 15) is 0 Å². The molecule has 0 aromatic carbocycles. The van der Waals surface area contributed by atoms with Crippen LogP contribution in [0.1, 0.15) is 12.7 Å². The van der Waals surface area contributed by atoms with Gasteiger partial charge >= 0.3 is 0 Å². The van der Waals surface area contributed by atoms with Gasteiger partial charge in [0, 0.05) is 45.3 Å². The quantitative estimate of drug-likeness (QED) is 0.352. The Morgan fingerprint density at radius 3 is 2.88 bits per heavy atom. The van der Waals surface area contributed by atoms with E-state index in [2.05, 4.69) is 37.6 Å². The molecule has 0 radical (unpaired) electrons. The number of nitrogens with one attached hydrogen (secondary N) is 2. The first-order valence-corrected chi connectivity index (χ1v) is 8.97. The Kier molecular flexibility index (Phi) is 9.06. The molecule has 3 heterocycles. The smallest absolute Gasteiger partial charge is 0.191 e. The van der Waals surface area contributed by atoms with Crippen LogP contribution in [0.25, 0.3) is 5.65 Å². The molecule has 0 saturated carbocycles. The van der Waals surface area contributed by atoms with E-state index in [-0.39, 0.29) is 24.0 Å². The minimum Gasteiger partial charge on any atom is -0.379 e. The minimum atomic E-state index is 0. The Morgan fingerprint density at radius 1 is 1.23 bits per heavy atom. The summed E-state index contributed by atoms with van der Waals surface area (Å²) in [6.45, 7) is 9.08. The van der Waals surface area contributed by atoms with Gasteiger partial charge in [-0.25, -0.2) is 0 Å². The summed E-state index contributed by atoms with van der Waals surface area (Å²) in [7, 11) is 0. The van der Waals surface area contributed by atoms with E-state index in [1.165, 1.54) is 0 Å². The van der Waals surface area contributed by atoms with Gasteiger partial charge in [-0.15, -0.1) is 34.2 Å². The largest absolute Gasteiger partial charge is 0.379 e. The summed E-state index contributed by atoms with van der Waals surface area (Å²) in [5, 5.41) is 15.1. The van der Waals surface area contributed by atoms with Crippen molar-refractivity contribution >= 4 is 35.6 Å². The van der Waals surface area contributed by atoms with Crippen LogP contribution in [0.15, 0.2) is 29.4 Å². The van der Waals surface area contributed by atoms with Crippen molar-refractivity contribution in [2.45, 2.75) is 13.3 Å². The highest BCUT2D eigenvalue weighted by atomic mass is 127. The lowest BCUT2D eigenvalue weighted by atomic mass is 10.4. The average molecular weight is 473 g/mol. The van der Waals surface area contributed by atoms with Crippen molar-refractivity contribution in [3.05, 3.63) is 30.2 Å². The molecule has 2 N–H and O–H groups in total. The van der Waals surface area contributed by atoms with Crippen LogP contribution in [0.3, 0.4) is 0 Å². The van der Waals surface area contributed by atoms with Gasteiger partial charge in [0.25, 0.3) is 0 Å². The number of hydrogen-bond acceptors (Lipinski definition) is 5. The maximum Gasteiger partial charge on any atom is 0.191 e. The zero-order valence-electron chi connectivity index (χ0n) is 15.2. The third-order valence-corrected chi connectivity index (χ3v) is 4.16. The normalized spacial score (nSPS) is 15.7. The van der Waals surface area contributed by atoms with E-state index in [1.807, 2.05) is 28.8 Å². The molecule has 1 aliphatic heterocycles. The van der Waals surface area contributed by atoms with Crippen molar-refractivity contribution in [1.82, 2.24) is 30.1 Å². The molecular formula is C17H28IN7O. The molecule has 1 fully saturated rings. The highest BCUT2D eigenvalue weighted by Gasteiger charge is 2.09. The summed E-state index contributed by atoms with van der Waals surface area (Å²) in [6, 6.07) is 5.92. The van der Waals surface area contributed by atoms with Gasteiger partial charge in [-0.1, -0.05) is 6.07 Å². The summed E-state index contributed by atoms with van der Waals surface area (Å²) in [5.74, 6) is 1.80. The molecule has 1 saturated heterocycles. The first kappa shape index (κ1) is 20.8. The van der Waals surface area contributed by atoms with Gasteiger partial charge in [0.05, 0.1) is 19.8 Å². The number of halogens is 1. The number of pyridine rings is 1. The topological polar surface area (TPSA) is 79.1 Å². The number of rotatable bonds is 7. The second-order valence-corrected chi connectivity index (χ2v) is 5.94. The predicted molar refractivity (Wildman–Crippen MR) is 113 cm³/mol. The number of morpholine rings is 1. The molecular weight excluding hydrogens is 445 g/mol. The molecule has 8 nitrogen and oxygen atoms in total. The maximum absolute atomic E-state index is 5.37. The summed E-state index contributed by atoms with van der Waals surface area (Å²) in [4.78, 5) is 7.05. The lowest BCUT2D eigenvalue weighted by molar-refractivity contribution is 0.0394. The molecule has 0 aliphatic carbocycles. The SMILES string of the molecule is CCNC(=NCCN1CCOCC1)NCCc1nnc2ccccn12.I. The molecule has 0 bridgehead atoms. The molecule has 0 atom stereocenters. The number of aromatic nitrogens is 3. The standard InChI is InChI=1S/C17H27N7O.HI/c1-2-18-17(20-8-10-23-11-13-25-14-12-23)19-7-6-16-22-21-15-5-3-4-9-24(15)16;/h3-5,9H,2,6-8,10-14H2,1H3,(H2,18,19,20);1H. The number of hydrogen-bond donors (Lipinski definition) is 2. The van der Waals surface area contributed by atoms with Gasteiger partial charge in [0.15, 0.2) is 11.6 Å². The van der Waals surface area contributed by atoms with E-state index in [4.69, 9.17) is 4.74 Å². The van der Waals surface area contributed by atoms with E-state index in [0.717, 1.165) is 76.3 Å². The van der Waals surface area contributed by atoms with E-state index >= 15 is 0 Å². The Hall–Kier alpha value is -1.46. The van der Waals surface area contributed by atoms with Gasteiger partial charge in [-0.2, -0.15) is 0 Å². The van der Waals surface area contributed by atoms with Gasteiger partial charge in [-0.3, -0.25) is 14.3 Å². The molecule has 2 aromatic rings. The predicted octanol–water partition coefficient (Wildman–Crippen LogP) is 0.777. The molecule has 26 heavy (non-hydrogen) atoms. The third-order valence-electron chi connectivity index (χ3n) is 4.16.